The van der Waals surface area contributed by atoms with Crippen molar-refractivity contribution in [1.82, 2.24) is 0 Å². The first kappa shape index (κ1) is 15.6. The maximum Gasteiger partial charge on any atom is 0.303 e. The standard InChI is InChI=1S/C15H23NO3/c1-13(17)19-15(11-7-5-9-14(15)18)10-6-3-2-4-8-12-16/h5,7,9,11H,2-4,6,8,10,12,16H2,1H3. The van der Waals surface area contributed by atoms with Gasteiger partial charge in [-0.25, -0.2) is 0 Å². The first-order valence-corrected chi connectivity index (χ1v) is 6.91. The van der Waals surface area contributed by atoms with Crippen LogP contribution in [-0.4, -0.2) is 23.9 Å². The lowest BCUT2D eigenvalue weighted by Crippen LogP contribution is -2.41. The Morgan fingerprint density at radius 1 is 1.21 bits per heavy atom. The minimum absolute atomic E-state index is 0.146. The van der Waals surface area contributed by atoms with Crippen molar-refractivity contribution in [1.29, 1.82) is 0 Å². The molecule has 1 atom stereocenters. The summed E-state index contributed by atoms with van der Waals surface area (Å²) in [6, 6.07) is 0. The molecule has 0 saturated carbocycles. The lowest BCUT2D eigenvalue weighted by molar-refractivity contribution is -0.159. The molecule has 0 heterocycles. The maximum absolute atomic E-state index is 12.0. The highest BCUT2D eigenvalue weighted by Crippen LogP contribution is 2.26. The van der Waals surface area contributed by atoms with Crippen molar-refractivity contribution < 1.29 is 14.3 Å². The quantitative estimate of drug-likeness (QED) is 0.540. The summed E-state index contributed by atoms with van der Waals surface area (Å²) in [4.78, 5) is 23.2. The van der Waals surface area contributed by atoms with E-state index < -0.39 is 11.6 Å². The van der Waals surface area contributed by atoms with Crippen LogP contribution in [0.2, 0.25) is 0 Å². The summed E-state index contributed by atoms with van der Waals surface area (Å²) < 4.78 is 5.27. The number of hydrogen-bond donors (Lipinski definition) is 1. The molecule has 0 aromatic rings. The van der Waals surface area contributed by atoms with Crippen molar-refractivity contribution >= 4 is 11.8 Å². The molecule has 106 valence electrons. The number of ketones is 1. The van der Waals surface area contributed by atoms with Crippen LogP contribution < -0.4 is 5.73 Å². The third kappa shape index (κ3) is 4.99. The Kier molecular flexibility index (Phi) is 6.50. The van der Waals surface area contributed by atoms with Crippen molar-refractivity contribution in [2.45, 2.75) is 51.0 Å². The van der Waals surface area contributed by atoms with E-state index in [0.29, 0.717) is 6.42 Å². The van der Waals surface area contributed by atoms with Gasteiger partial charge in [-0.1, -0.05) is 31.4 Å². The van der Waals surface area contributed by atoms with Crippen LogP contribution in [0.25, 0.3) is 0 Å². The number of unbranched alkanes of at least 4 members (excludes halogenated alkanes) is 4. The predicted octanol–water partition coefficient (Wildman–Crippen LogP) is 2.28. The van der Waals surface area contributed by atoms with Gasteiger partial charge in [-0.05, 0) is 38.0 Å². The molecule has 4 nitrogen and oxygen atoms in total. The van der Waals surface area contributed by atoms with E-state index in [2.05, 4.69) is 0 Å². The zero-order chi connectivity index (χ0) is 14.1. The number of carbonyl (C=O) groups excluding carboxylic acids is 2. The molecule has 0 fully saturated rings. The van der Waals surface area contributed by atoms with E-state index in [4.69, 9.17) is 10.5 Å². The Bertz CT molecular complexity index is 374. The van der Waals surface area contributed by atoms with Crippen molar-refractivity contribution in [2.24, 2.45) is 5.73 Å². The van der Waals surface area contributed by atoms with E-state index in [1.807, 2.05) is 0 Å². The van der Waals surface area contributed by atoms with Gasteiger partial charge in [-0.2, -0.15) is 0 Å². The summed E-state index contributed by atoms with van der Waals surface area (Å²) in [7, 11) is 0. The SMILES string of the molecule is CC(=O)OC1(CCCCCCCN)C=CC=CC1=O. The number of esters is 1. The molecule has 19 heavy (non-hydrogen) atoms. The van der Waals surface area contributed by atoms with E-state index in [1.54, 1.807) is 18.2 Å². The van der Waals surface area contributed by atoms with Crippen LogP contribution >= 0.6 is 0 Å². The fourth-order valence-electron chi connectivity index (χ4n) is 2.24. The van der Waals surface area contributed by atoms with Crippen molar-refractivity contribution in [3.8, 4) is 0 Å². The van der Waals surface area contributed by atoms with Crippen LogP contribution in [0.5, 0.6) is 0 Å². The summed E-state index contributed by atoms with van der Waals surface area (Å²) >= 11 is 0. The van der Waals surface area contributed by atoms with Crippen LogP contribution in [0.4, 0.5) is 0 Å². The molecule has 1 unspecified atom stereocenters. The Balaban J connectivity index is 2.47. The Hall–Kier alpha value is -1.42. The smallest absolute Gasteiger partial charge is 0.303 e. The van der Waals surface area contributed by atoms with Gasteiger partial charge >= 0.3 is 5.97 Å². The summed E-state index contributed by atoms with van der Waals surface area (Å²) in [5, 5.41) is 0. The third-order valence-electron chi connectivity index (χ3n) is 3.22. The number of carbonyl (C=O) groups is 2. The van der Waals surface area contributed by atoms with Crippen molar-refractivity contribution in [2.75, 3.05) is 6.54 Å². The van der Waals surface area contributed by atoms with Gasteiger partial charge in [0.25, 0.3) is 0 Å². The number of nitrogens with two attached hydrogens (primary N) is 1. The molecule has 0 aromatic carbocycles. The second kappa shape index (κ2) is 7.89. The Labute approximate surface area is 114 Å². The van der Waals surface area contributed by atoms with Gasteiger partial charge in [-0.15, -0.1) is 0 Å². The molecule has 1 aliphatic carbocycles. The largest absolute Gasteiger partial charge is 0.447 e. The van der Waals surface area contributed by atoms with E-state index in [0.717, 1.165) is 38.6 Å². The van der Waals surface area contributed by atoms with E-state index >= 15 is 0 Å². The molecule has 0 amide bonds. The molecular weight excluding hydrogens is 242 g/mol. The Morgan fingerprint density at radius 3 is 2.53 bits per heavy atom. The molecular formula is C15H23NO3. The predicted molar refractivity (Wildman–Crippen MR) is 74.5 cm³/mol. The topological polar surface area (TPSA) is 69.4 Å². The van der Waals surface area contributed by atoms with E-state index in [-0.39, 0.29) is 5.78 Å². The van der Waals surface area contributed by atoms with Gasteiger partial charge in [0, 0.05) is 6.92 Å². The molecule has 0 saturated heterocycles. The summed E-state index contributed by atoms with van der Waals surface area (Å²) in [5.74, 6) is -0.566. The van der Waals surface area contributed by atoms with Crippen LogP contribution in [0.3, 0.4) is 0 Å². The fraction of sp³-hybridized carbons (Fsp3) is 0.600. The molecule has 1 aliphatic rings. The van der Waals surface area contributed by atoms with Crippen LogP contribution in [0, 0.1) is 0 Å². The van der Waals surface area contributed by atoms with Gasteiger partial charge in [0.05, 0.1) is 0 Å². The van der Waals surface area contributed by atoms with Crippen LogP contribution in [0.1, 0.15) is 45.4 Å². The second-order valence-electron chi connectivity index (χ2n) is 4.87. The molecule has 0 spiro atoms. The van der Waals surface area contributed by atoms with Gasteiger partial charge in [0.2, 0.25) is 5.78 Å². The minimum Gasteiger partial charge on any atom is -0.447 e. The molecule has 0 aliphatic heterocycles. The molecule has 0 aromatic heterocycles. The second-order valence-corrected chi connectivity index (χ2v) is 4.87. The van der Waals surface area contributed by atoms with Gasteiger partial charge in [0.15, 0.2) is 5.60 Å². The normalized spacial score (nSPS) is 21.7. The third-order valence-corrected chi connectivity index (χ3v) is 3.22. The zero-order valence-corrected chi connectivity index (χ0v) is 11.6. The molecule has 0 bridgehead atoms. The molecule has 1 rings (SSSR count). The average Bonchev–Trinajstić information content (AvgIpc) is 2.36. The Morgan fingerprint density at radius 2 is 1.89 bits per heavy atom. The molecule has 2 N–H and O–H groups in total. The average molecular weight is 265 g/mol. The lowest BCUT2D eigenvalue weighted by atomic mass is 9.87. The highest BCUT2D eigenvalue weighted by molar-refractivity contribution is 6.01. The number of ether oxygens (including phenoxy) is 1. The van der Waals surface area contributed by atoms with E-state index in [1.165, 1.54) is 13.0 Å². The van der Waals surface area contributed by atoms with Crippen LogP contribution in [0.15, 0.2) is 24.3 Å². The van der Waals surface area contributed by atoms with Gasteiger partial charge in [0.1, 0.15) is 0 Å². The zero-order valence-electron chi connectivity index (χ0n) is 11.6. The first-order chi connectivity index (χ1) is 9.10. The summed E-state index contributed by atoms with van der Waals surface area (Å²) in [5.41, 5.74) is 4.36. The fourth-order valence-corrected chi connectivity index (χ4v) is 2.24. The number of rotatable bonds is 8. The highest BCUT2D eigenvalue weighted by atomic mass is 16.6. The highest BCUT2D eigenvalue weighted by Gasteiger charge is 2.37. The monoisotopic (exact) mass is 265 g/mol. The van der Waals surface area contributed by atoms with Crippen molar-refractivity contribution in [3.05, 3.63) is 24.3 Å². The lowest BCUT2D eigenvalue weighted by Gasteiger charge is -2.29. The molecule has 0 radical (unpaired) electrons. The number of allylic oxidation sites excluding steroid dienone is 2. The maximum atomic E-state index is 12.0. The minimum atomic E-state index is -1.07. The summed E-state index contributed by atoms with van der Waals surface area (Å²) in [6.07, 6.45) is 12.3. The molecule has 4 heteroatoms. The number of hydrogen-bond acceptors (Lipinski definition) is 4. The van der Waals surface area contributed by atoms with Crippen molar-refractivity contribution in [3.63, 3.8) is 0 Å². The summed E-state index contributed by atoms with van der Waals surface area (Å²) in [6.45, 7) is 2.06. The van der Waals surface area contributed by atoms with Gasteiger partial charge < -0.3 is 10.5 Å². The van der Waals surface area contributed by atoms with E-state index in [9.17, 15) is 9.59 Å². The van der Waals surface area contributed by atoms with Crippen LogP contribution in [-0.2, 0) is 14.3 Å². The first-order valence-electron chi connectivity index (χ1n) is 6.91. The van der Waals surface area contributed by atoms with Gasteiger partial charge in [-0.3, -0.25) is 9.59 Å².